The number of nitrogens with zero attached hydrogens (tertiary/aromatic N) is 3. The molecule has 1 saturated heterocycles. The van der Waals surface area contributed by atoms with Crippen LogP contribution in [0.15, 0.2) is 17.4 Å². The molecule has 0 amide bonds. The van der Waals surface area contributed by atoms with Crippen LogP contribution in [-0.4, -0.2) is 69.6 Å². The second-order valence-electron chi connectivity index (χ2n) is 5.40. The smallest absolute Gasteiger partial charge is 0.387 e. The number of aromatic nitrogens is 4. The molecule has 0 aromatic carbocycles. The Balaban J connectivity index is 2.08. The number of carbonyl (C=O) groups is 1. The maximum absolute atomic E-state index is 12.2. The minimum atomic E-state index is -4.89. The zero-order chi connectivity index (χ0) is 19.3. The standard InChI is InChI=1S/C11H13N4O9PS/c16-6-4(1-23-25(20,21)22)24-11(7(6)17,10(19)26)15-3-14-5-8(15)12-2-13-9(5)18/h2-4,6-7,16-17H,1H2,(H,19,26)(H,12,13,18)(H2,20,21,22)/t4-,6-,7-,11+/m1/s1. The maximum atomic E-state index is 12.2. The summed E-state index contributed by atoms with van der Waals surface area (Å²) in [5.74, 6) is 0. The molecule has 5 N–H and O–H groups in total. The van der Waals surface area contributed by atoms with Crippen molar-refractivity contribution in [2.45, 2.75) is 24.0 Å². The van der Waals surface area contributed by atoms with Gasteiger partial charge in [-0.1, -0.05) is 0 Å². The first-order chi connectivity index (χ1) is 12.1. The second kappa shape index (κ2) is 6.51. The van der Waals surface area contributed by atoms with Gasteiger partial charge in [-0.15, -0.1) is 12.6 Å². The van der Waals surface area contributed by atoms with E-state index in [0.29, 0.717) is 0 Å². The first kappa shape index (κ1) is 19.1. The van der Waals surface area contributed by atoms with Crippen LogP contribution in [0.2, 0.25) is 0 Å². The lowest BCUT2D eigenvalue weighted by Gasteiger charge is -2.30. The minimum Gasteiger partial charge on any atom is -0.387 e. The van der Waals surface area contributed by atoms with Crippen LogP contribution >= 0.6 is 20.5 Å². The lowest BCUT2D eigenvalue weighted by Crippen LogP contribution is -2.50. The highest BCUT2D eigenvalue weighted by molar-refractivity contribution is 7.96. The molecule has 13 nitrogen and oxygen atoms in total. The van der Waals surface area contributed by atoms with Crippen LogP contribution < -0.4 is 5.56 Å². The highest BCUT2D eigenvalue weighted by atomic mass is 32.1. The van der Waals surface area contributed by atoms with Crippen LogP contribution in [0.5, 0.6) is 0 Å². The number of hydrogen-bond donors (Lipinski definition) is 6. The van der Waals surface area contributed by atoms with Crippen LogP contribution in [-0.2, 0) is 24.3 Å². The lowest BCUT2D eigenvalue weighted by atomic mass is 10.0. The van der Waals surface area contributed by atoms with Gasteiger partial charge in [-0.25, -0.2) is 14.5 Å². The number of imidazole rings is 1. The predicted molar refractivity (Wildman–Crippen MR) is 85.0 cm³/mol. The molecule has 4 atom stereocenters. The molecule has 0 unspecified atom stereocenters. The summed E-state index contributed by atoms with van der Waals surface area (Å²) in [4.78, 5) is 51.5. The van der Waals surface area contributed by atoms with E-state index in [4.69, 9.17) is 14.5 Å². The van der Waals surface area contributed by atoms with Gasteiger partial charge in [0, 0.05) is 0 Å². The van der Waals surface area contributed by atoms with E-state index in [1.807, 2.05) is 0 Å². The number of H-pyrrole nitrogens is 1. The van der Waals surface area contributed by atoms with Crippen molar-refractivity contribution in [3.63, 3.8) is 0 Å². The van der Waals surface area contributed by atoms with Crippen molar-refractivity contribution in [1.82, 2.24) is 19.5 Å². The van der Waals surface area contributed by atoms with Gasteiger partial charge < -0.3 is 29.7 Å². The number of carbonyl (C=O) groups excluding carboxylic acids is 1. The van der Waals surface area contributed by atoms with Crippen molar-refractivity contribution >= 4 is 36.7 Å². The zero-order valence-corrected chi connectivity index (χ0v) is 14.4. The molecule has 26 heavy (non-hydrogen) atoms. The summed E-state index contributed by atoms with van der Waals surface area (Å²) in [5.41, 5.74) is -3.27. The Morgan fingerprint density at radius 1 is 1.46 bits per heavy atom. The van der Waals surface area contributed by atoms with Gasteiger partial charge in [0.2, 0.25) is 10.8 Å². The van der Waals surface area contributed by atoms with Crippen molar-refractivity contribution in [2.24, 2.45) is 0 Å². The molecule has 2 aromatic rings. The number of phosphoric ester groups is 1. The number of hydrogen-bond acceptors (Lipinski definition) is 9. The van der Waals surface area contributed by atoms with Crippen molar-refractivity contribution in [3.05, 3.63) is 23.0 Å². The third-order valence-electron chi connectivity index (χ3n) is 3.85. The van der Waals surface area contributed by atoms with Gasteiger partial charge in [-0.2, -0.15) is 0 Å². The Morgan fingerprint density at radius 2 is 2.15 bits per heavy atom. The summed E-state index contributed by atoms with van der Waals surface area (Å²) in [6.07, 6.45) is -3.16. The van der Waals surface area contributed by atoms with Crippen LogP contribution in [0.1, 0.15) is 0 Å². The first-order valence-electron chi connectivity index (χ1n) is 6.96. The maximum Gasteiger partial charge on any atom is 0.469 e. The van der Waals surface area contributed by atoms with Gasteiger partial charge >= 0.3 is 7.82 Å². The number of rotatable bonds is 5. The molecule has 0 aliphatic carbocycles. The third kappa shape index (κ3) is 3.00. The average molecular weight is 408 g/mol. The van der Waals surface area contributed by atoms with E-state index >= 15 is 0 Å². The Labute approximate surface area is 149 Å². The van der Waals surface area contributed by atoms with E-state index in [9.17, 15) is 24.4 Å². The Morgan fingerprint density at radius 3 is 2.77 bits per heavy atom. The topological polar surface area (TPSA) is 197 Å². The summed E-state index contributed by atoms with van der Waals surface area (Å²) in [6, 6.07) is 0. The van der Waals surface area contributed by atoms with Gasteiger partial charge in [-0.05, 0) is 0 Å². The molecule has 3 rings (SSSR count). The quantitative estimate of drug-likeness (QED) is 0.225. The van der Waals surface area contributed by atoms with Crippen LogP contribution in [0, 0.1) is 0 Å². The zero-order valence-electron chi connectivity index (χ0n) is 12.7. The van der Waals surface area contributed by atoms with E-state index in [-0.39, 0.29) is 11.2 Å². The molecule has 0 spiro atoms. The summed E-state index contributed by atoms with van der Waals surface area (Å²) < 4.78 is 21.4. The fraction of sp³-hybridized carbons (Fsp3) is 0.455. The molecule has 3 heterocycles. The number of thiol groups is 1. The monoisotopic (exact) mass is 408 g/mol. The molecule has 0 radical (unpaired) electrons. The minimum absolute atomic E-state index is 0.140. The van der Waals surface area contributed by atoms with Gasteiger partial charge in [-0.3, -0.25) is 18.7 Å². The van der Waals surface area contributed by atoms with E-state index < -0.39 is 49.1 Å². The van der Waals surface area contributed by atoms with E-state index in [2.05, 4.69) is 32.1 Å². The van der Waals surface area contributed by atoms with Gasteiger partial charge in [0.1, 0.15) is 24.6 Å². The summed E-state index contributed by atoms with van der Waals surface area (Å²) >= 11 is 3.69. The third-order valence-corrected chi connectivity index (χ3v) is 4.65. The average Bonchev–Trinajstić information content (AvgIpc) is 3.08. The fourth-order valence-corrected chi connectivity index (χ4v) is 3.31. The SMILES string of the molecule is O=C(S)[C@@]1(n2cnc3c(=O)[nH]cnc32)O[C@H](COP(=O)(O)O)[C@@H](O)[C@H]1O. The van der Waals surface area contributed by atoms with Gasteiger partial charge in [0.05, 0.1) is 12.9 Å². The molecule has 2 aromatic heterocycles. The van der Waals surface area contributed by atoms with Crippen molar-refractivity contribution in [1.29, 1.82) is 0 Å². The number of nitrogens with one attached hydrogen (secondary N) is 1. The molecular weight excluding hydrogens is 395 g/mol. The van der Waals surface area contributed by atoms with Crippen LogP contribution in [0.4, 0.5) is 0 Å². The number of aliphatic hydroxyl groups excluding tert-OH is 2. The Hall–Kier alpha value is -1.64. The number of aromatic amines is 1. The molecule has 1 aliphatic rings. The molecular formula is C11H13N4O9PS. The van der Waals surface area contributed by atoms with Crippen molar-refractivity contribution < 1.29 is 38.6 Å². The van der Waals surface area contributed by atoms with Crippen molar-refractivity contribution in [2.75, 3.05) is 6.61 Å². The van der Waals surface area contributed by atoms with Gasteiger partial charge in [0.25, 0.3) is 5.56 Å². The summed E-state index contributed by atoms with van der Waals surface area (Å²) in [7, 11) is -4.89. The second-order valence-corrected chi connectivity index (χ2v) is 7.04. The summed E-state index contributed by atoms with van der Waals surface area (Å²) in [5, 5.41) is 19.5. The highest BCUT2D eigenvalue weighted by Gasteiger charge is 2.60. The van der Waals surface area contributed by atoms with Crippen LogP contribution in [0.3, 0.4) is 0 Å². The number of fused-ring (bicyclic) bond motifs is 1. The first-order valence-corrected chi connectivity index (χ1v) is 8.94. The molecule has 1 fully saturated rings. The molecule has 1 aliphatic heterocycles. The predicted octanol–water partition coefficient (Wildman–Crippen LogP) is -2.54. The molecule has 15 heteroatoms. The molecule has 0 bridgehead atoms. The van der Waals surface area contributed by atoms with Crippen LogP contribution in [0.25, 0.3) is 11.2 Å². The number of phosphoric acid groups is 1. The van der Waals surface area contributed by atoms with E-state index in [1.165, 1.54) is 0 Å². The van der Waals surface area contributed by atoms with Gasteiger partial charge in [0.15, 0.2) is 11.2 Å². The Kier molecular flexibility index (Phi) is 4.79. The number of aliphatic hydroxyl groups is 2. The highest BCUT2D eigenvalue weighted by Crippen LogP contribution is 2.42. The molecule has 142 valence electrons. The number of ether oxygens (including phenoxy) is 1. The van der Waals surface area contributed by atoms with Crippen molar-refractivity contribution in [3.8, 4) is 0 Å². The normalized spacial score (nSPS) is 29.3. The molecule has 0 saturated carbocycles. The Bertz CT molecular complexity index is 957. The lowest BCUT2D eigenvalue weighted by molar-refractivity contribution is -0.164. The summed E-state index contributed by atoms with van der Waals surface area (Å²) in [6.45, 7) is -0.827. The van der Waals surface area contributed by atoms with E-state index in [0.717, 1.165) is 17.2 Å². The fourth-order valence-electron chi connectivity index (χ4n) is 2.68. The largest absolute Gasteiger partial charge is 0.469 e. The van der Waals surface area contributed by atoms with E-state index in [1.54, 1.807) is 0 Å².